The first-order chi connectivity index (χ1) is 14.1. The van der Waals surface area contributed by atoms with Crippen LogP contribution in [0.15, 0.2) is 60.0 Å². The van der Waals surface area contributed by atoms with Crippen molar-refractivity contribution >= 4 is 16.5 Å². The van der Waals surface area contributed by atoms with Crippen molar-refractivity contribution in [2.45, 2.75) is 5.92 Å². The van der Waals surface area contributed by atoms with Gasteiger partial charge in [0, 0.05) is 16.5 Å². The lowest BCUT2D eigenvalue weighted by molar-refractivity contribution is -0.385. The molecule has 2 aliphatic rings. The van der Waals surface area contributed by atoms with Gasteiger partial charge in [-0.3, -0.25) is 10.1 Å². The number of fused-ring (bicyclic) bond motifs is 4. The van der Waals surface area contributed by atoms with Crippen LogP contribution in [0.25, 0.3) is 10.8 Å². The normalized spacial score (nSPS) is 16.9. The maximum absolute atomic E-state index is 11.8. The van der Waals surface area contributed by atoms with Gasteiger partial charge in [-0.25, -0.2) is 0 Å². The van der Waals surface area contributed by atoms with Crippen molar-refractivity contribution < 1.29 is 19.1 Å². The van der Waals surface area contributed by atoms with E-state index in [0.29, 0.717) is 28.4 Å². The van der Waals surface area contributed by atoms with Crippen LogP contribution in [0.1, 0.15) is 17.0 Å². The van der Waals surface area contributed by atoms with Crippen molar-refractivity contribution in [2.24, 2.45) is 5.73 Å². The molecule has 5 rings (SSSR count). The zero-order valence-corrected chi connectivity index (χ0v) is 14.9. The molecule has 3 aromatic carbocycles. The van der Waals surface area contributed by atoms with E-state index in [9.17, 15) is 15.4 Å². The molecule has 3 aromatic rings. The number of hydrogen-bond acceptors (Lipinski definition) is 7. The Morgan fingerprint density at radius 3 is 2.62 bits per heavy atom. The van der Waals surface area contributed by atoms with Crippen molar-refractivity contribution in [1.82, 2.24) is 0 Å². The Balaban J connectivity index is 1.83. The molecule has 0 spiro atoms. The number of rotatable bonds is 2. The highest BCUT2D eigenvalue weighted by Crippen LogP contribution is 2.50. The second-order valence-corrected chi connectivity index (χ2v) is 6.65. The van der Waals surface area contributed by atoms with Crippen molar-refractivity contribution in [3.63, 3.8) is 0 Å². The lowest BCUT2D eigenvalue weighted by Crippen LogP contribution is -2.21. The summed E-state index contributed by atoms with van der Waals surface area (Å²) in [7, 11) is 0. The second kappa shape index (κ2) is 6.14. The van der Waals surface area contributed by atoms with Gasteiger partial charge in [-0.15, -0.1) is 0 Å². The zero-order valence-electron chi connectivity index (χ0n) is 14.9. The summed E-state index contributed by atoms with van der Waals surface area (Å²) in [6.45, 7) is -0.0198. The molecule has 0 radical (unpaired) electrons. The summed E-state index contributed by atoms with van der Waals surface area (Å²) in [4.78, 5) is 11.3. The Kier molecular flexibility index (Phi) is 3.57. The number of nitriles is 1. The summed E-state index contributed by atoms with van der Waals surface area (Å²) < 4.78 is 16.5. The average molecular weight is 387 g/mol. The van der Waals surface area contributed by atoms with E-state index in [2.05, 4.69) is 6.07 Å². The first-order valence-electron chi connectivity index (χ1n) is 8.75. The maximum Gasteiger partial charge on any atom is 0.277 e. The molecule has 0 aliphatic carbocycles. The first-order valence-corrected chi connectivity index (χ1v) is 8.75. The first kappa shape index (κ1) is 16.9. The fourth-order valence-corrected chi connectivity index (χ4v) is 3.84. The standard InChI is InChI=1S/C21H13N3O5/c22-9-15-19(14-7-17-18(28-10-27-17)8-16(14)24(25)26)13-6-5-11-3-1-2-4-12(11)20(13)29-21(15)23/h1-8,19H,10,23H2/t19-/m0/s1. The molecule has 0 unspecified atom stereocenters. The van der Waals surface area contributed by atoms with E-state index in [0.717, 1.165) is 10.8 Å². The van der Waals surface area contributed by atoms with Crippen LogP contribution in [0.4, 0.5) is 5.69 Å². The molecule has 0 fully saturated rings. The third-order valence-corrected chi connectivity index (χ3v) is 5.14. The van der Waals surface area contributed by atoms with Crippen LogP contribution >= 0.6 is 0 Å². The van der Waals surface area contributed by atoms with Crippen LogP contribution in [0, 0.1) is 21.4 Å². The molecule has 2 N–H and O–H groups in total. The fourth-order valence-electron chi connectivity index (χ4n) is 3.84. The Labute approximate surface area is 164 Å². The van der Waals surface area contributed by atoms with Crippen LogP contribution in [-0.4, -0.2) is 11.7 Å². The highest BCUT2D eigenvalue weighted by atomic mass is 16.7. The Morgan fingerprint density at radius 2 is 1.86 bits per heavy atom. The van der Waals surface area contributed by atoms with Crippen LogP contribution < -0.4 is 19.9 Å². The van der Waals surface area contributed by atoms with E-state index < -0.39 is 10.8 Å². The lowest BCUT2D eigenvalue weighted by atomic mass is 9.81. The molecule has 2 heterocycles. The molecule has 0 amide bonds. The Morgan fingerprint density at radius 1 is 1.10 bits per heavy atom. The molecule has 0 saturated carbocycles. The third kappa shape index (κ3) is 2.45. The molecule has 1 atom stereocenters. The summed E-state index contributed by atoms with van der Waals surface area (Å²) in [5.74, 6) is 0.310. The van der Waals surface area contributed by atoms with Crippen molar-refractivity contribution in [1.29, 1.82) is 5.26 Å². The lowest BCUT2D eigenvalue weighted by Gasteiger charge is -2.27. The van der Waals surface area contributed by atoms with Gasteiger partial charge >= 0.3 is 0 Å². The van der Waals surface area contributed by atoms with Gasteiger partial charge in [0.25, 0.3) is 5.69 Å². The van der Waals surface area contributed by atoms with Gasteiger partial charge < -0.3 is 19.9 Å². The van der Waals surface area contributed by atoms with Crippen LogP contribution in [0.5, 0.6) is 17.2 Å². The SMILES string of the molecule is N#CC1=C(N)Oc2c(ccc3ccccc23)[C@H]1c1cc2c(cc1[N+](=O)[O-])OCO2. The molecular formula is C21H13N3O5. The topological polar surface area (TPSA) is 121 Å². The number of ether oxygens (including phenoxy) is 3. The van der Waals surface area contributed by atoms with Gasteiger partial charge in [0.15, 0.2) is 11.5 Å². The van der Waals surface area contributed by atoms with Crippen molar-refractivity contribution in [3.8, 4) is 23.3 Å². The fraction of sp³-hybridized carbons (Fsp3) is 0.0952. The molecular weight excluding hydrogens is 374 g/mol. The summed E-state index contributed by atoms with van der Waals surface area (Å²) in [6, 6.07) is 16.2. The van der Waals surface area contributed by atoms with Gasteiger partial charge in [-0.2, -0.15) is 5.26 Å². The number of nitrogens with zero attached hydrogens (tertiary/aromatic N) is 2. The number of benzene rings is 3. The number of allylic oxidation sites excluding steroid dienone is 1. The largest absolute Gasteiger partial charge is 0.454 e. The average Bonchev–Trinajstić information content (AvgIpc) is 3.19. The molecule has 142 valence electrons. The van der Waals surface area contributed by atoms with Crippen LogP contribution in [-0.2, 0) is 0 Å². The van der Waals surface area contributed by atoms with Gasteiger partial charge in [-0.1, -0.05) is 36.4 Å². The molecule has 0 saturated heterocycles. The second-order valence-electron chi connectivity index (χ2n) is 6.65. The van der Waals surface area contributed by atoms with E-state index in [1.54, 1.807) is 12.1 Å². The summed E-state index contributed by atoms with van der Waals surface area (Å²) in [5, 5.41) is 23.3. The van der Waals surface area contributed by atoms with E-state index in [1.165, 1.54) is 6.07 Å². The highest BCUT2D eigenvalue weighted by Gasteiger charge is 2.37. The maximum atomic E-state index is 11.8. The molecule has 29 heavy (non-hydrogen) atoms. The van der Waals surface area contributed by atoms with Gasteiger partial charge in [0.05, 0.1) is 16.9 Å². The number of nitrogens with two attached hydrogens (primary N) is 1. The summed E-state index contributed by atoms with van der Waals surface area (Å²) >= 11 is 0. The zero-order chi connectivity index (χ0) is 20.1. The van der Waals surface area contributed by atoms with E-state index in [4.69, 9.17) is 19.9 Å². The van der Waals surface area contributed by atoms with Gasteiger partial charge in [0.1, 0.15) is 17.4 Å². The predicted molar refractivity (Wildman–Crippen MR) is 102 cm³/mol. The monoisotopic (exact) mass is 387 g/mol. The number of nitro benzene ring substituents is 1. The highest BCUT2D eigenvalue weighted by molar-refractivity contribution is 5.91. The van der Waals surface area contributed by atoms with E-state index >= 15 is 0 Å². The minimum atomic E-state index is -0.775. The predicted octanol–water partition coefficient (Wildman–Crippen LogP) is 3.69. The molecule has 0 aromatic heterocycles. The van der Waals surface area contributed by atoms with E-state index in [1.807, 2.05) is 30.3 Å². The van der Waals surface area contributed by atoms with Gasteiger partial charge in [-0.05, 0) is 11.5 Å². The summed E-state index contributed by atoms with van der Waals surface area (Å²) in [6.07, 6.45) is 0. The minimum absolute atomic E-state index is 0.0198. The van der Waals surface area contributed by atoms with E-state index in [-0.39, 0.29) is 23.9 Å². The van der Waals surface area contributed by atoms with Gasteiger partial charge in [0.2, 0.25) is 12.7 Å². The molecule has 8 nitrogen and oxygen atoms in total. The van der Waals surface area contributed by atoms with Crippen LogP contribution in [0.3, 0.4) is 0 Å². The van der Waals surface area contributed by atoms with Crippen molar-refractivity contribution in [3.05, 3.63) is 81.2 Å². The smallest absolute Gasteiger partial charge is 0.277 e. The quantitative estimate of drug-likeness (QED) is 0.526. The number of nitro groups is 1. The molecule has 8 heteroatoms. The minimum Gasteiger partial charge on any atom is -0.454 e. The Bertz CT molecular complexity index is 1280. The third-order valence-electron chi connectivity index (χ3n) is 5.14. The summed E-state index contributed by atoms with van der Waals surface area (Å²) in [5.41, 5.74) is 6.91. The molecule has 0 bridgehead atoms. The molecule has 2 aliphatic heterocycles. The van der Waals surface area contributed by atoms with Crippen molar-refractivity contribution in [2.75, 3.05) is 6.79 Å². The Hall–Kier alpha value is -4.25. The number of hydrogen-bond donors (Lipinski definition) is 1. The van der Waals surface area contributed by atoms with Crippen LogP contribution in [0.2, 0.25) is 0 Å².